The molecule has 7 aromatic rings. The number of nitrogens with zero attached hydrogens (tertiary/aromatic N) is 10. The van der Waals surface area contributed by atoms with Crippen LogP contribution in [0.5, 0.6) is 0 Å². The Hall–Kier alpha value is -6.16. The summed E-state index contributed by atoms with van der Waals surface area (Å²) in [5.74, 6) is 5.80. The minimum absolute atomic E-state index is 0.242. The van der Waals surface area contributed by atoms with E-state index in [4.69, 9.17) is 49.8 Å². The molecule has 0 N–H and O–H groups in total. The quantitative estimate of drug-likeness (QED) is 0.161. The molecule has 10 nitrogen and oxygen atoms in total. The van der Waals surface area contributed by atoms with Crippen molar-refractivity contribution >= 4 is 0 Å². The van der Waals surface area contributed by atoms with Crippen molar-refractivity contribution in [1.29, 1.82) is 0 Å². The van der Waals surface area contributed by atoms with Crippen molar-refractivity contribution in [1.82, 2.24) is 49.8 Å². The first-order chi connectivity index (χ1) is 27.2. The molecule has 7 rings (SSSR count). The van der Waals surface area contributed by atoms with Crippen LogP contribution in [0.2, 0.25) is 0 Å². The average Bonchev–Trinajstić information content (AvgIpc) is 3.19. The number of hydrogen-bond donors (Lipinski definition) is 0. The molecule has 294 valence electrons. The Bertz CT molecular complexity index is 2510. The average molecular weight is 769 g/mol. The van der Waals surface area contributed by atoms with Crippen molar-refractivity contribution in [2.45, 2.75) is 105 Å². The lowest BCUT2D eigenvalue weighted by Gasteiger charge is -2.23. The van der Waals surface area contributed by atoms with Gasteiger partial charge in [0.1, 0.15) is 23.3 Å². The first kappa shape index (κ1) is 40.1. The third-order valence-corrected chi connectivity index (χ3v) is 9.43. The van der Waals surface area contributed by atoms with E-state index in [2.05, 4.69) is 101 Å². The third-order valence-electron chi connectivity index (χ3n) is 9.43. The second-order valence-corrected chi connectivity index (χ2v) is 18.9. The van der Waals surface area contributed by atoms with E-state index in [1.54, 1.807) is 6.20 Å². The molecule has 0 aliphatic rings. The Morgan fingerprint density at radius 1 is 0.293 bits per heavy atom. The Kier molecular flexibility index (Phi) is 10.3. The van der Waals surface area contributed by atoms with Gasteiger partial charge in [-0.25, -0.2) is 44.9 Å². The topological polar surface area (TPSA) is 129 Å². The minimum Gasteiger partial charge on any atom is -0.256 e. The van der Waals surface area contributed by atoms with Crippen molar-refractivity contribution in [3.63, 3.8) is 0 Å². The molecule has 0 bridgehead atoms. The van der Waals surface area contributed by atoms with E-state index in [9.17, 15) is 0 Å². The van der Waals surface area contributed by atoms with Crippen molar-refractivity contribution in [3.8, 4) is 68.2 Å². The summed E-state index contributed by atoms with van der Waals surface area (Å²) in [5, 5.41) is 0. The molecule has 0 aliphatic carbocycles. The van der Waals surface area contributed by atoms with Gasteiger partial charge in [0.05, 0.1) is 5.69 Å². The van der Waals surface area contributed by atoms with E-state index in [1.807, 2.05) is 72.8 Å². The molecule has 10 heteroatoms. The molecule has 4 aromatic heterocycles. The molecule has 0 radical (unpaired) electrons. The van der Waals surface area contributed by atoms with Crippen molar-refractivity contribution < 1.29 is 0 Å². The van der Waals surface area contributed by atoms with Gasteiger partial charge in [-0.15, -0.1) is 0 Å². The first-order valence-electron chi connectivity index (χ1n) is 19.8. The molecular formula is C48H52N10. The summed E-state index contributed by atoms with van der Waals surface area (Å²) >= 11 is 0. The van der Waals surface area contributed by atoms with Crippen LogP contribution >= 0.6 is 0 Å². The molecule has 4 heterocycles. The van der Waals surface area contributed by atoms with Crippen LogP contribution in [0.3, 0.4) is 0 Å². The maximum Gasteiger partial charge on any atom is 0.164 e. The highest BCUT2D eigenvalue weighted by Gasteiger charge is 2.27. The van der Waals surface area contributed by atoms with Gasteiger partial charge in [-0.05, 0) is 30.3 Å². The summed E-state index contributed by atoms with van der Waals surface area (Å²) in [6.45, 7) is 25.4. The highest BCUT2D eigenvalue weighted by atomic mass is 15.1. The lowest BCUT2D eigenvalue weighted by molar-refractivity contribution is 0.497. The smallest absolute Gasteiger partial charge is 0.164 e. The normalized spacial score (nSPS) is 12.5. The van der Waals surface area contributed by atoms with Crippen molar-refractivity contribution in [3.05, 3.63) is 120 Å². The zero-order valence-electron chi connectivity index (χ0n) is 35.7. The van der Waals surface area contributed by atoms with Crippen molar-refractivity contribution in [2.75, 3.05) is 0 Å². The van der Waals surface area contributed by atoms with Crippen LogP contribution in [0.4, 0.5) is 0 Å². The fourth-order valence-electron chi connectivity index (χ4n) is 6.04. The summed E-state index contributed by atoms with van der Waals surface area (Å²) in [7, 11) is 0. The number of hydrogen-bond acceptors (Lipinski definition) is 10. The van der Waals surface area contributed by atoms with E-state index in [-0.39, 0.29) is 21.7 Å². The molecule has 0 fully saturated rings. The van der Waals surface area contributed by atoms with E-state index in [0.717, 1.165) is 62.4 Å². The highest BCUT2D eigenvalue weighted by Crippen LogP contribution is 2.34. The van der Waals surface area contributed by atoms with Gasteiger partial charge >= 0.3 is 0 Å². The Balaban J connectivity index is 1.40. The number of rotatable bonds is 6. The largest absolute Gasteiger partial charge is 0.256 e. The van der Waals surface area contributed by atoms with E-state index in [1.165, 1.54) is 0 Å². The van der Waals surface area contributed by atoms with Crippen LogP contribution in [-0.4, -0.2) is 49.8 Å². The second kappa shape index (κ2) is 15.0. The lowest BCUT2D eigenvalue weighted by atomic mass is 9.92. The SMILES string of the molecule is CC(C)(C)c1nc(-c2ccc(-c3nc(-c4ccccc4)nc(-c4cc(-c5ccccn5)cc(-c5nc(C(C)(C)C)nc(C(C)(C)C)n5)c4)n3)cc2)nc(C(C)(C)C)n1. The first-order valence-corrected chi connectivity index (χ1v) is 19.8. The number of aromatic nitrogens is 10. The molecule has 0 unspecified atom stereocenters. The van der Waals surface area contributed by atoms with Crippen LogP contribution in [0.1, 0.15) is 106 Å². The van der Waals surface area contributed by atoms with Crippen LogP contribution in [0.25, 0.3) is 68.2 Å². The van der Waals surface area contributed by atoms with Crippen LogP contribution in [-0.2, 0) is 21.7 Å². The molecule has 58 heavy (non-hydrogen) atoms. The second-order valence-electron chi connectivity index (χ2n) is 18.9. The maximum absolute atomic E-state index is 5.14. The molecule has 0 spiro atoms. The van der Waals surface area contributed by atoms with Gasteiger partial charge in [-0.1, -0.05) is 144 Å². The Labute approximate surface area is 342 Å². The van der Waals surface area contributed by atoms with E-state index < -0.39 is 0 Å². The van der Waals surface area contributed by atoms with Gasteiger partial charge in [0.25, 0.3) is 0 Å². The molecule has 0 amide bonds. The fourth-order valence-corrected chi connectivity index (χ4v) is 6.04. The molecular weight excluding hydrogens is 717 g/mol. The molecule has 0 aliphatic heterocycles. The summed E-state index contributed by atoms with van der Waals surface area (Å²) in [4.78, 5) is 49.7. The van der Waals surface area contributed by atoms with Gasteiger partial charge in [-0.3, -0.25) is 4.98 Å². The standard InChI is InChI=1S/C48H52N10/c1-45(2,3)41-53-38(54-42(57-41)46(4,5)6)31-23-21-30(22-24-31)37-50-36(29-18-14-13-15-19-29)51-39(52-37)33-26-32(35-20-16-17-25-49-35)27-34(28-33)40-55-43(47(7,8)9)58-44(56-40)48(10,11)12/h13-28H,1-12H3. The van der Waals surface area contributed by atoms with Crippen LogP contribution in [0, 0.1) is 0 Å². The van der Waals surface area contributed by atoms with Gasteiger partial charge in [0.2, 0.25) is 0 Å². The maximum atomic E-state index is 5.14. The van der Waals surface area contributed by atoms with Crippen LogP contribution < -0.4 is 0 Å². The predicted octanol–water partition coefficient (Wildman–Crippen LogP) is 10.8. The van der Waals surface area contributed by atoms with Gasteiger partial charge in [0, 0.05) is 61.2 Å². The van der Waals surface area contributed by atoms with E-state index in [0.29, 0.717) is 29.1 Å². The van der Waals surface area contributed by atoms with Gasteiger partial charge in [-0.2, -0.15) is 0 Å². The summed E-state index contributed by atoms with van der Waals surface area (Å²) < 4.78 is 0. The zero-order chi connectivity index (χ0) is 41.6. The van der Waals surface area contributed by atoms with E-state index >= 15 is 0 Å². The minimum atomic E-state index is -0.296. The van der Waals surface area contributed by atoms with Crippen LogP contribution in [0.15, 0.2) is 97.2 Å². The molecule has 3 aromatic carbocycles. The Morgan fingerprint density at radius 3 is 1.00 bits per heavy atom. The lowest BCUT2D eigenvalue weighted by Crippen LogP contribution is -2.24. The molecule has 0 saturated carbocycles. The highest BCUT2D eigenvalue weighted by molar-refractivity contribution is 5.77. The predicted molar refractivity (Wildman–Crippen MR) is 232 cm³/mol. The molecule has 0 saturated heterocycles. The summed E-state index contributed by atoms with van der Waals surface area (Å²) in [6, 6.07) is 30.1. The fraction of sp³-hybridized carbons (Fsp3) is 0.333. The number of pyridine rings is 1. The zero-order valence-corrected chi connectivity index (χ0v) is 35.7. The Morgan fingerprint density at radius 2 is 0.621 bits per heavy atom. The van der Waals surface area contributed by atoms with Crippen molar-refractivity contribution in [2.24, 2.45) is 0 Å². The van der Waals surface area contributed by atoms with Gasteiger partial charge in [0.15, 0.2) is 29.1 Å². The monoisotopic (exact) mass is 768 g/mol. The third kappa shape index (κ3) is 8.86. The number of benzene rings is 3. The summed E-state index contributed by atoms with van der Waals surface area (Å²) in [6.07, 6.45) is 1.79. The summed E-state index contributed by atoms with van der Waals surface area (Å²) in [5.41, 5.74) is 4.79. The molecule has 0 atom stereocenters. The van der Waals surface area contributed by atoms with Gasteiger partial charge < -0.3 is 0 Å².